The summed E-state index contributed by atoms with van der Waals surface area (Å²) in [5.74, 6) is 1.71. The van der Waals surface area contributed by atoms with Crippen LogP contribution in [0.25, 0.3) is 11.5 Å². The van der Waals surface area contributed by atoms with E-state index in [-0.39, 0.29) is 5.41 Å². The van der Waals surface area contributed by atoms with Crippen LogP contribution < -0.4 is 0 Å². The van der Waals surface area contributed by atoms with E-state index in [1.165, 1.54) is 5.56 Å². The summed E-state index contributed by atoms with van der Waals surface area (Å²) in [7, 11) is 2.08. The van der Waals surface area contributed by atoms with E-state index >= 15 is 0 Å². The Morgan fingerprint density at radius 2 is 1.79 bits per heavy atom. The van der Waals surface area contributed by atoms with Crippen LogP contribution in [0.5, 0.6) is 0 Å². The molecule has 29 heavy (non-hydrogen) atoms. The predicted octanol–water partition coefficient (Wildman–Crippen LogP) is 4.36. The summed E-state index contributed by atoms with van der Waals surface area (Å²) < 4.78 is 5.69. The van der Waals surface area contributed by atoms with Gasteiger partial charge in [0, 0.05) is 36.5 Å². The van der Waals surface area contributed by atoms with E-state index in [0.29, 0.717) is 11.8 Å². The smallest absolute Gasteiger partial charge is 0.227 e. The molecule has 5 nitrogen and oxygen atoms in total. The van der Waals surface area contributed by atoms with E-state index in [1.54, 1.807) is 18.6 Å². The van der Waals surface area contributed by atoms with Crippen LogP contribution in [0.3, 0.4) is 0 Å². The van der Waals surface area contributed by atoms with Gasteiger partial charge >= 0.3 is 0 Å². The number of nitrogens with zero attached hydrogens (tertiary/aromatic N) is 3. The molecule has 4 rings (SSSR count). The van der Waals surface area contributed by atoms with Crippen LogP contribution in [0.4, 0.5) is 0 Å². The van der Waals surface area contributed by atoms with Gasteiger partial charge in [-0.1, -0.05) is 45.0 Å². The topological polar surface area (TPSA) is 62.4 Å². The first-order chi connectivity index (χ1) is 13.7. The highest BCUT2D eigenvalue weighted by Gasteiger charge is 2.55. The van der Waals surface area contributed by atoms with E-state index in [9.17, 15) is 5.11 Å². The molecular weight excluding hydrogens is 362 g/mol. The Bertz CT molecular complexity index is 1000. The molecule has 1 atom stereocenters. The van der Waals surface area contributed by atoms with Crippen molar-refractivity contribution in [2.45, 2.75) is 39.2 Å². The first-order valence-corrected chi connectivity index (χ1v) is 10.1. The third-order valence-electron chi connectivity index (χ3n) is 6.13. The van der Waals surface area contributed by atoms with Crippen molar-refractivity contribution in [3.8, 4) is 11.5 Å². The van der Waals surface area contributed by atoms with Crippen molar-refractivity contribution in [2.24, 2.45) is 5.41 Å². The molecule has 3 aromatic rings. The monoisotopic (exact) mass is 391 g/mol. The summed E-state index contributed by atoms with van der Waals surface area (Å²) in [5.41, 5.74) is 2.19. The Labute approximate surface area is 172 Å². The highest BCUT2D eigenvalue weighted by Crippen LogP contribution is 2.50. The average molecular weight is 392 g/mol. The zero-order chi connectivity index (χ0) is 20.8. The number of aromatic nitrogens is 2. The van der Waals surface area contributed by atoms with Gasteiger partial charge in [0.25, 0.3) is 0 Å². The van der Waals surface area contributed by atoms with E-state index in [2.05, 4.69) is 67.0 Å². The number of hydrogen-bond donors (Lipinski definition) is 1. The van der Waals surface area contributed by atoms with Crippen molar-refractivity contribution in [3.63, 3.8) is 0 Å². The van der Waals surface area contributed by atoms with Crippen molar-refractivity contribution in [3.05, 3.63) is 71.4 Å². The molecule has 0 amide bonds. The molecule has 1 aliphatic rings. The fraction of sp³-hybridized carbons (Fsp3) is 0.417. The van der Waals surface area contributed by atoms with Gasteiger partial charge in [-0.25, -0.2) is 4.98 Å². The molecule has 3 heterocycles. The minimum Gasteiger partial charge on any atom is -0.441 e. The second-order valence-electron chi connectivity index (χ2n) is 8.96. The van der Waals surface area contributed by atoms with Crippen molar-refractivity contribution in [1.82, 2.24) is 14.9 Å². The maximum Gasteiger partial charge on any atom is 0.227 e. The maximum atomic E-state index is 12.2. The van der Waals surface area contributed by atoms with Gasteiger partial charge in [-0.2, -0.15) is 0 Å². The predicted molar refractivity (Wildman–Crippen MR) is 114 cm³/mol. The van der Waals surface area contributed by atoms with Crippen LogP contribution in [-0.2, 0) is 5.60 Å². The molecule has 0 bridgehead atoms. The van der Waals surface area contributed by atoms with Gasteiger partial charge in [0.2, 0.25) is 5.89 Å². The number of hydrogen-bond acceptors (Lipinski definition) is 5. The number of oxazole rings is 1. The fourth-order valence-corrected chi connectivity index (χ4v) is 4.59. The lowest BCUT2D eigenvalue weighted by molar-refractivity contribution is -0.127. The molecule has 0 radical (unpaired) electrons. The highest BCUT2D eigenvalue weighted by atomic mass is 16.4. The molecule has 1 N–H and O–H groups in total. The summed E-state index contributed by atoms with van der Waals surface area (Å²) in [5, 5.41) is 12.2. The quantitative estimate of drug-likeness (QED) is 0.700. The Kier molecular flexibility index (Phi) is 4.83. The second kappa shape index (κ2) is 7.08. The van der Waals surface area contributed by atoms with Crippen molar-refractivity contribution in [2.75, 3.05) is 20.1 Å². The fourth-order valence-electron chi connectivity index (χ4n) is 4.59. The number of benzene rings is 1. The Morgan fingerprint density at radius 3 is 2.34 bits per heavy atom. The van der Waals surface area contributed by atoms with Crippen LogP contribution in [0, 0.1) is 12.3 Å². The molecule has 0 saturated carbocycles. The van der Waals surface area contributed by atoms with Crippen LogP contribution in [0.15, 0.2) is 53.3 Å². The molecule has 1 unspecified atom stereocenters. The molecule has 152 valence electrons. The number of aliphatic hydroxyl groups is 1. The molecule has 1 fully saturated rings. The van der Waals surface area contributed by atoms with Gasteiger partial charge in [-0.05, 0) is 37.1 Å². The van der Waals surface area contributed by atoms with Gasteiger partial charge in [0.1, 0.15) is 11.4 Å². The molecule has 1 aliphatic heterocycles. The first kappa shape index (κ1) is 19.8. The summed E-state index contributed by atoms with van der Waals surface area (Å²) >= 11 is 0. The minimum absolute atomic E-state index is 0.325. The lowest BCUT2D eigenvalue weighted by Crippen LogP contribution is -2.63. The van der Waals surface area contributed by atoms with Crippen molar-refractivity contribution >= 4 is 0 Å². The van der Waals surface area contributed by atoms with Crippen molar-refractivity contribution < 1.29 is 9.52 Å². The zero-order valence-corrected chi connectivity index (χ0v) is 17.8. The van der Waals surface area contributed by atoms with Gasteiger partial charge in [-0.3, -0.25) is 4.98 Å². The van der Waals surface area contributed by atoms with E-state index in [1.807, 2.05) is 13.0 Å². The third-order valence-corrected chi connectivity index (χ3v) is 6.13. The van der Waals surface area contributed by atoms with Crippen LogP contribution in [0.2, 0.25) is 0 Å². The summed E-state index contributed by atoms with van der Waals surface area (Å²) in [6.45, 7) is 9.97. The number of likely N-dealkylation sites (tertiary alicyclic amines) is 1. The Morgan fingerprint density at radius 1 is 1.10 bits per heavy atom. The Hall–Kier alpha value is -2.50. The normalized spacial score (nSPS) is 18.4. The number of aryl methyl sites for hydroxylation is 1. The molecule has 0 spiro atoms. The lowest BCUT2D eigenvalue weighted by Gasteiger charge is -2.55. The third kappa shape index (κ3) is 3.28. The average Bonchev–Trinajstić information content (AvgIpc) is 3.13. The zero-order valence-electron chi connectivity index (χ0n) is 17.8. The molecule has 1 aromatic carbocycles. The first-order valence-electron chi connectivity index (χ1n) is 10.1. The number of rotatable bonds is 5. The van der Waals surface area contributed by atoms with Crippen LogP contribution in [-0.4, -0.2) is 40.1 Å². The van der Waals surface area contributed by atoms with Gasteiger partial charge < -0.3 is 14.4 Å². The molecule has 2 aromatic heterocycles. The molecule has 1 saturated heterocycles. The SMILES string of the molecule is Cc1cnc(-c2cncc(C(O)(c3ccc(C(C)C)cc3)C3(C)CN(C)C3)c2)o1. The lowest BCUT2D eigenvalue weighted by atomic mass is 9.62. The standard InChI is InChI=1S/C24H29N3O2/c1-16(2)18-6-8-20(9-7-18)24(28,23(4)14-27(5)15-23)21-10-19(12-25-13-21)22-26-11-17(3)29-22/h6-13,16,28H,14-15H2,1-5H3. The van der Waals surface area contributed by atoms with Gasteiger partial charge in [0.05, 0.1) is 11.8 Å². The summed E-state index contributed by atoms with van der Waals surface area (Å²) in [4.78, 5) is 11.0. The minimum atomic E-state index is -1.17. The van der Waals surface area contributed by atoms with E-state index in [0.717, 1.165) is 35.5 Å². The summed E-state index contributed by atoms with van der Waals surface area (Å²) in [6, 6.07) is 10.3. The highest BCUT2D eigenvalue weighted by molar-refractivity contribution is 5.55. The molecule has 0 aliphatic carbocycles. The van der Waals surface area contributed by atoms with E-state index in [4.69, 9.17) is 4.42 Å². The molecule has 5 heteroatoms. The Balaban J connectivity index is 1.83. The van der Waals surface area contributed by atoms with E-state index < -0.39 is 5.60 Å². The number of pyridine rings is 1. The molecular formula is C24H29N3O2. The van der Waals surface area contributed by atoms with Gasteiger partial charge in [0.15, 0.2) is 0 Å². The maximum absolute atomic E-state index is 12.2. The van der Waals surface area contributed by atoms with Crippen LogP contribution >= 0.6 is 0 Å². The van der Waals surface area contributed by atoms with Crippen LogP contribution in [0.1, 0.15) is 49.1 Å². The largest absolute Gasteiger partial charge is 0.441 e. The second-order valence-corrected chi connectivity index (χ2v) is 8.96. The van der Waals surface area contributed by atoms with Crippen molar-refractivity contribution in [1.29, 1.82) is 0 Å². The summed E-state index contributed by atoms with van der Waals surface area (Å²) in [6.07, 6.45) is 5.19. The van der Waals surface area contributed by atoms with Gasteiger partial charge in [-0.15, -0.1) is 0 Å².